The van der Waals surface area contributed by atoms with Gasteiger partial charge in [0.25, 0.3) is 0 Å². The first-order valence-corrected chi connectivity index (χ1v) is 4.18. The van der Waals surface area contributed by atoms with Gasteiger partial charge < -0.3 is 4.40 Å². The number of pyridine rings is 1. The molecule has 2 aromatic rings. The fourth-order valence-corrected chi connectivity index (χ4v) is 1.46. The van der Waals surface area contributed by atoms with Gasteiger partial charge in [0.1, 0.15) is 17.2 Å². The second-order valence-electron chi connectivity index (χ2n) is 2.41. The molecular weight excluding hydrogens is 220 g/mol. The molecule has 0 aliphatic carbocycles. The standard InChI is InChI=1S/C8H5BrN2O/c9-8-7-3-6(4-12)1-2-11(7)5-10-8/h1-5H. The Balaban J connectivity index is 2.79. The minimum Gasteiger partial charge on any atom is -0.305 e. The Morgan fingerprint density at radius 2 is 2.42 bits per heavy atom. The summed E-state index contributed by atoms with van der Waals surface area (Å²) in [6, 6.07) is 3.53. The third kappa shape index (κ3) is 1.04. The van der Waals surface area contributed by atoms with Crippen LogP contribution in [0.5, 0.6) is 0 Å². The van der Waals surface area contributed by atoms with Crippen LogP contribution in [0.25, 0.3) is 5.52 Å². The number of hydrogen-bond donors (Lipinski definition) is 0. The Bertz CT molecular complexity index is 436. The van der Waals surface area contributed by atoms with Crippen molar-refractivity contribution in [2.24, 2.45) is 0 Å². The number of hydrogen-bond acceptors (Lipinski definition) is 2. The number of aldehydes is 1. The molecule has 0 N–H and O–H groups in total. The highest BCUT2D eigenvalue weighted by molar-refractivity contribution is 9.10. The van der Waals surface area contributed by atoms with Gasteiger partial charge in [-0.25, -0.2) is 4.98 Å². The fourth-order valence-electron chi connectivity index (χ4n) is 1.05. The van der Waals surface area contributed by atoms with Crippen molar-refractivity contribution in [2.45, 2.75) is 0 Å². The highest BCUT2D eigenvalue weighted by Gasteiger charge is 2.00. The molecule has 0 spiro atoms. The average Bonchev–Trinajstić information content (AvgIpc) is 2.47. The van der Waals surface area contributed by atoms with Gasteiger partial charge in [0, 0.05) is 11.8 Å². The molecule has 0 aromatic carbocycles. The van der Waals surface area contributed by atoms with E-state index >= 15 is 0 Å². The van der Waals surface area contributed by atoms with Gasteiger partial charge >= 0.3 is 0 Å². The van der Waals surface area contributed by atoms with E-state index in [4.69, 9.17) is 0 Å². The summed E-state index contributed by atoms with van der Waals surface area (Å²) in [7, 11) is 0. The Kier molecular flexibility index (Phi) is 1.69. The predicted octanol–water partition coefficient (Wildman–Crippen LogP) is 1.91. The average molecular weight is 225 g/mol. The maximum Gasteiger partial charge on any atom is 0.150 e. The van der Waals surface area contributed by atoms with E-state index in [1.165, 1.54) is 0 Å². The molecule has 2 heterocycles. The molecule has 0 radical (unpaired) electrons. The summed E-state index contributed by atoms with van der Waals surface area (Å²) in [5.74, 6) is 0. The fraction of sp³-hybridized carbons (Fsp3) is 0. The van der Waals surface area contributed by atoms with Crippen LogP contribution in [0.1, 0.15) is 10.4 Å². The van der Waals surface area contributed by atoms with Crippen molar-refractivity contribution in [2.75, 3.05) is 0 Å². The Morgan fingerprint density at radius 1 is 1.58 bits per heavy atom. The summed E-state index contributed by atoms with van der Waals surface area (Å²) in [5.41, 5.74) is 1.56. The molecule has 2 aromatic heterocycles. The van der Waals surface area contributed by atoms with Gasteiger partial charge in [-0.2, -0.15) is 0 Å². The molecule has 0 bridgehead atoms. The van der Waals surface area contributed by atoms with Crippen LogP contribution in [-0.4, -0.2) is 15.7 Å². The van der Waals surface area contributed by atoms with E-state index in [9.17, 15) is 4.79 Å². The van der Waals surface area contributed by atoms with Gasteiger partial charge in [0.05, 0.1) is 5.52 Å². The van der Waals surface area contributed by atoms with Gasteiger partial charge in [-0.05, 0) is 28.1 Å². The normalized spacial score (nSPS) is 10.4. The summed E-state index contributed by atoms with van der Waals surface area (Å²) >= 11 is 3.28. The van der Waals surface area contributed by atoms with E-state index in [1.54, 1.807) is 24.7 Å². The molecule has 0 atom stereocenters. The molecule has 0 unspecified atom stereocenters. The summed E-state index contributed by atoms with van der Waals surface area (Å²) in [6.45, 7) is 0. The zero-order valence-corrected chi connectivity index (χ0v) is 7.65. The lowest BCUT2D eigenvalue weighted by Crippen LogP contribution is -1.84. The van der Waals surface area contributed by atoms with Crippen LogP contribution in [0, 0.1) is 0 Å². The highest BCUT2D eigenvalue weighted by atomic mass is 79.9. The van der Waals surface area contributed by atoms with Crippen LogP contribution < -0.4 is 0 Å². The number of rotatable bonds is 1. The monoisotopic (exact) mass is 224 g/mol. The highest BCUT2D eigenvalue weighted by Crippen LogP contribution is 2.16. The number of aromatic nitrogens is 2. The molecule has 2 rings (SSSR count). The van der Waals surface area contributed by atoms with Crippen molar-refractivity contribution in [3.63, 3.8) is 0 Å². The first kappa shape index (κ1) is 7.49. The molecule has 0 saturated carbocycles. The largest absolute Gasteiger partial charge is 0.305 e. The lowest BCUT2D eigenvalue weighted by molar-refractivity contribution is 0.112. The van der Waals surface area contributed by atoms with Crippen LogP contribution in [0.4, 0.5) is 0 Å². The number of imidazole rings is 1. The van der Waals surface area contributed by atoms with Gasteiger partial charge in [0.2, 0.25) is 0 Å². The minimum atomic E-state index is 0.656. The van der Waals surface area contributed by atoms with Crippen LogP contribution >= 0.6 is 15.9 Å². The topological polar surface area (TPSA) is 34.4 Å². The molecule has 0 amide bonds. The van der Waals surface area contributed by atoms with E-state index in [0.717, 1.165) is 16.4 Å². The minimum absolute atomic E-state index is 0.656. The molecule has 0 aliphatic rings. The van der Waals surface area contributed by atoms with Crippen LogP contribution in [0.2, 0.25) is 0 Å². The van der Waals surface area contributed by atoms with E-state index in [1.807, 2.05) is 4.40 Å². The number of carbonyl (C=O) groups excluding carboxylic acids is 1. The zero-order chi connectivity index (χ0) is 8.55. The van der Waals surface area contributed by atoms with Crippen LogP contribution in [-0.2, 0) is 0 Å². The van der Waals surface area contributed by atoms with E-state index in [0.29, 0.717) is 5.56 Å². The van der Waals surface area contributed by atoms with Gasteiger partial charge in [-0.15, -0.1) is 0 Å². The molecule has 60 valence electrons. The van der Waals surface area contributed by atoms with Crippen LogP contribution in [0.3, 0.4) is 0 Å². The van der Waals surface area contributed by atoms with Crippen molar-refractivity contribution in [3.05, 3.63) is 34.8 Å². The number of halogens is 1. The summed E-state index contributed by atoms with van der Waals surface area (Å²) in [4.78, 5) is 14.5. The second-order valence-corrected chi connectivity index (χ2v) is 3.16. The Morgan fingerprint density at radius 3 is 3.17 bits per heavy atom. The molecular formula is C8H5BrN2O. The van der Waals surface area contributed by atoms with E-state index < -0.39 is 0 Å². The number of nitrogens with zero attached hydrogens (tertiary/aromatic N) is 2. The molecule has 0 aliphatic heterocycles. The quantitative estimate of drug-likeness (QED) is 0.694. The van der Waals surface area contributed by atoms with Gasteiger partial charge in [0.15, 0.2) is 0 Å². The van der Waals surface area contributed by atoms with Gasteiger partial charge in [-0.1, -0.05) is 0 Å². The molecule has 3 nitrogen and oxygen atoms in total. The lowest BCUT2D eigenvalue weighted by atomic mass is 10.3. The Labute approximate surface area is 77.2 Å². The Hall–Kier alpha value is -1.16. The first-order valence-electron chi connectivity index (χ1n) is 3.38. The molecule has 4 heteroatoms. The number of fused-ring (bicyclic) bond motifs is 1. The maximum absolute atomic E-state index is 10.4. The molecule has 0 fully saturated rings. The SMILES string of the molecule is O=Cc1ccn2cnc(Br)c2c1. The van der Waals surface area contributed by atoms with E-state index in [-0.39, 0.29) is 0 Å². The summed E-state index contributed by atoms with van der Waals surface area (Å²) in [6.07, 6.45) is 4.31. The van der Waals surface area contributed by atoms with Crippen molar-refractivity contribution < 1.29 is 4.79 Å². The van der Waals surface area contributed by atoms with Crippen LogP contribution in [0.15, 0.2) is 29.3 Å². The third-order valence-corrected chi connectivity index (χ3v) is 2.26. The molecule has 0 saturated heterocycles. The predicted molar refractivity (Wildman–Crippen MR) is 48.3 cm³/mol. The third-order valence-electron chi connectivity index (χ3n) is 1.65. The maximum atomic E-state index is 10.4. The summed E-state index contributed by atoms with van der Waals surface area (Å²) < 4.78 is 2.60. The molecule has 12 heavy (non-hydrogen) atoms. The smallest absolute Gasteiger partial charge is 0.150 e. The van der Waals surface area contributed by atoms with Gasteiger partial charge in [-0.3, -0.25) is 4.79 Å². The van der Waals surface area contributed by atoms with Crippen molar-refractivity contribution >= 4 is 27.7 Å². The van der Waals surface area contributed by atoms with E-state index in [2.05, 4.69) is 20.9 Å². The van der Waals surface area contributed by atoms with Crippen molar-refractivity contribution in [1.29, 1.82) is 0 Å². The lowest BCUT2D eigenvalue weighted by Gasteiger charge is -1.93. The second kappa shape index (κ2) is 2.71. The zero-order valence-electron chi connectivity index (χ0n) is 6.07. The summed E-state index contributed by atoms with van der Waals surface area (Å²) in [5, 5.41) is 0. The van der Waals surface area contributed by atoms with Crippen molar-refractivity contribution in [3.8, 4) is 0 Å². The first-order chi connectivity index (χ1) is 5.81. The van der Waals surface area contributed by atoms with Crippen molar-refractivity contribution in [1.82, 2.24) is 9.38 Å². The number of carbonyl (C=O) groups is 1.